The Hall–Kier alpha value is -2.69. The normalized spacial score (nSPS) is 16.3. The summed E-state index contributed by atoms with van der Waals surface area (Å²) in [7, 11) is -0.617. The smallest absolute Gasteiger partial charge is 0.0100 e. The summed E-state index contributed by atoms with van der Waals surface area (Å²) in [5, 5.41) is 4.25. The molecule has 0 saturated heterocycles. The van der Waals surface area contributed by atoms with Gasteiger partial charge in [0.25, 0.3) is 0 Å². The standard InChI is InChI=1S/C33H35P/c1-24-16-17-26(25-18-19-29-30(22-25)33(4,5)21-20-32(29,2)3)23-31(24)34(27-12-8-6-9-13-27)28-14-10-7-11-15-28/h6-19,22-23H,20-21H2,1-5H3. The van der Waals surface area contributed by atoms with Crippen molar-refractivity contribution in [2.45, 2.75) is 58.3 Å². The number of benzene rings is 4. The summed E-state index contributed by atoms with van der Waals surface area (Å²) in [6, 6.07) is 36.4. The molecule has 0 aliphatic heterocycles. The molecule has 0 radical (unpaired) electrons. The Labute approximate surface area is 206 Å². The van der Waals surface area contributed by atoms with Gasteiger partial charge >= 0.3 is 0 Å². The molecule has 0 bridgehead atoms. The third-order valence-electron chi connectivity index (χ3n) is 7.66. The number of hydrogen-bond acceptors (Lipinski definition) is 0. The maximum absolute atomic E-state index is 2.48. The Morgan fingerprint density at radius 2 is 1.06 bits per heavy atom. The van der Waals surface area contributed by atoms with Crippen molar-refractivity contribution in [3.05, 3.63) is 114 Å². The summed E-state index contributed by atoms with van der Waals surface area (Å²) in [6.45, 7) is 11.9. The third kappa shape index (κ3) is 4.25. The van der Waals surface area contributed by atoms with Crippen LogP contribution in [0.4, 0.5) is 0 Å². The minimum atomic E-state index is -0.617. The van der Waals surface area contributed by atoms with Crippen molar-refractivity contribution >= 4 is 23.8 Å². The lowest BCUT2D eigenvalue weighted by atomic mass is 9.63. The van der Waals surface area contributed by atoms with Gasteiger partial charge in [0.2, 0.25) is 0 Å². The molecule has 0 saturated carbocycles. The number of hydrogen-bond donors (Lipinski definition) is 0. The van der Waals surface area contributed by atoms with Crippen molar-refractivity contribution < 1.29 is 0 Å². The van der Waals surface area contributed by atoms with Gasteiger partial charge in [0, 0.05) is 0 Å². The molecule has 0 N–H and O–H groups in total. The molecule has 5 rings (SSSR count). The molecule has 0 atom stereocenters. The zero-order valence-electron chi connectivity index (χ0n) is 21.1. The van der Waals surface area contributed by atoms with Gasteiger partial charge in [-0.3, -0.25) is 0 Å². The lowest BCUT2D eigenvalue weighted by Crippen LogP contribution is -2.33. The van der Waals surface area contributed by atoms with E-state index in [1.54, 1.807) is 0 Å². The zero-order chi connectivity index (χ0) is 23.9. The molecule has 0 aromatic heterocycles. The third-order valence-corrected chi connectivity index (χ3v) is 10.3. The van der Waals surface area contributed by atoms with Gasteiger partial charge in [0.05, 0.1) is 0 Å². The fourth-order valence-corrected chi connectivity index (χ4v) is 7.87. The first kappa shape index (κ1) is 23.1. The summed E-state index contributed by atoms with van der Waals surface area (Å²) in [5.41, 5.74) is 7.53. The second-order valence-corrected chi connectivity index (χ2v) is 13.2. The second-order valence-electron chi connectivity index (χ2n) is 11.0. The van der Waals surface area contributed by atoms with E-state index in [-0.39, 0.29) is 10.8 Å². The molecule has 0 nitrogen and oxygen atoms in total. The van der Waals surface area contributed by atoms with Gasteiger partial charge in [-0.25, -0.2) is 0 Å². The maximum atomic E-state index is 2.48. The van der Waals surface area contributed by atoms with E-state index >= 15 is 0 Å². The summed E-state index contributed by atoms with van der Waals surface area (Å²) in [4.78, 5) is 0. The van der Waals surface area contributed by atoms with Crippen LogP contribution in [0.1, 0.15) is 57.2 Å². The van der Waals surface area contributed by atoms with Crippen molar-refractivity contribution in [2.24, 2.45) is 0 Å². The lowest BCUT2D eigenvalue weighted by molar-refractivity contribution is 0.332. The minimum Gasteiger partial charge on any atom is -0.0622 e. The first-order valence-corrected chi connectivity index (χ1v) is 13.8. The van der Waals surface area contributed by atoms with Gasteiger partial charge in [0.15, 0.2) is 0 Å². The van der Waals surface area contributed by atoms with Crippen LogP contribution in [0.25, 0.3) is 11.1 Å². The van der Waals surface area contributed by atoms with Gasteiger partial charge in [-0.05, 0) is 88.3 Å². The Bertz CT molecular complexity index is 1260. The van der Waals surface area contributed by atoms with Gasteiger partial charge < -0.3 is 0 Å². The fourth-order valence-electron chi connectivity index (χ4n) is 5.38. The highest BCUT2D eigenvalue weighted by molar-refractivity contribution is 7.79. The van der Waals surface area contributed by atoms with Crippen LogP contribution >= 0.6 is 7.92 Å². The van der Waals surface area contributed by atoms with E-state index in [9.17, 15) is 0 Å². The molecule has 4 aromatic rings. The van der Waals surface area contributed by atoms with Crippen molar-refractivity contribution in [3.8, 4) is 11.1 Å². The predicted molar refractivity (Wildman–Crippen MR) is 151 cm³/mol. The summed E-state index contributed by atoms with van der Waals surface area (Å²) in [6.07, 6.45) is 2.49. The van der Waals surface area contributed by atoms with E-state index in [4.69, 9.17) is 0 Å². The summed E-state index contributed by atoms with van der Waals surface area (Å²) < 4.78 is 0. The largest absolute Gasteiger partial charge is 0.0622 e. The van der Waals surface area contributed by atoms with E-state index in [0.29, 0.717) is 0 Å². The fraction of sp³-hybridized carbons (Fsp3) is 0.273. The zero-order valence-corrected chi connectivity index (χ0v) is 22.0. The van der Waals surface area contributed by atoms with Crippen molar-refractivity contribution in [1.82, 2.24) is 0 Å². The Kier molecular flexibility index (Phi) is 5.99. The first-order valence-electron chi connectivity index (χ1n) is 12.4. The average Bonchev–Trinajstić information content (AvgIpc) is 2.85. The maximum Gasteiger partial charge on any atom is -0.0100 e. The highest BCUT2D eigenvalue weighted by Crippen LogP contribution is 2.47. The van der Waals surface area contributed by atoms with Crippen LogP contribution in [-0.4, -0.2) is 0 Å². The Morgan fingerprint density at radius 1 is 0.559 bits per heavy atom. The molecule has 34 heavy (non-hydrogen) atoms. The van der Waals surface area contributed by atoms with Crippen LogP contribution in [0.5, 0.6) is 0 Å². The van der Waals surface area contributed by atoms with Crippen LogP contribution in [0, 0.1) is 6.92 Å². The molecule has 1 aliphatic rings. The predicted octanol–water partition coefficient (Wildman–Crippen LogP) is 7.77. The molecule has 1 aliphatic carbocycles. The molecule has 0 fully saturated rings. The highest BCUT2D eigenvalue weighted by atomic mass is 31.1. The average molecular weight is 463 g/mol. The molecule has 4 aromatic carbocycles. The van der Waals surface area contributed by atoms with Crippen LogP contribution in [0.3, 0.4) is 0 Å². The van der Waals surface area contributed by atoms with E-state index in [0.717, 1.165) is 0 Å². The van der Waals surface area contributed by atoms with E-state index in [1.807, 2.05) is 0 Å². The van der Waals surface area contributed by atoms with Crippen molar-refractivity contribution in [3.63, 3.8) is 0 Å². The van der Waals surface area contributed by atoms with Crippen molar-refractivity contribution in [2.75, 3.05) is 0 Å². The summed E-state index contributed by atoms with van der Waals surface area (Å²) in [5.74, 6) is 0. The molecule has 1 heteroatoms. The minimum absolute atomic E-state index is 0.217. The van der Waals surface area contributed by atoms with Crippen LogP contribution in [0.2, 0.25) is 0 Å². The second kappa shape index (κ2) is 8.83. The topological polar surface area (TPSA) is 0 Å². The molecular formula is C33H35P. The lowest BCUT2D eigenvalue weighted by Gasteiger charge is -2.42. The van der Waals surface area contributed by atoms with E-state index < -0.39 is 7.92 Å². The van der Waals surface area contributed by atoms with Gasteiger partial charge in [-0.15, -0.1) is 0 Å². The number of rotatable bonds is 4. The SMILES string of the molecule is Cc1ccc(-c2ccc3c(c2)C(C)(C)CCC3(C)C)cc1P(c1ccccc1)c1ccccc1. The van der Waals surface area contributed by atoms with E-state index in [2.05, 4.69) is 132 Å². The Morgan fingerprint density at radius 3 is 1.65 bits per heavy atom. The molecule has 0 unspecified atom stereocenters. The van der Waals surface area contributed by atoms with E-state index in [1.165, 1.54) is 56.6 Å². The van der Waals surface area contributed by atoms with Crippen LogP contribution in [-0.2, 0) is 10.8 Å². The van der Waals surface area contributed by atoms with Crippen LogP contribution < -0.4 is 15.9 Å². The number of aryl methyl sites for hydroxylation is 1. The molecule has 0 spiro atoms. The van der Waals surface area contributed by atoms with Gasteiger partial charge in [0.1, 0.15) is 0 Å². The quantitative estimate of drug-likeness (QED) is 0.272. The van der Waals surface area contributed by atoms with Gasteiger partial charge in [-0.2, -0.15) is 0 Å². The monoisotopic (exact) mass is 462 g/mol. The molecular weight excluding hydrogens is 427 g/mol. The highest BCUT2D eigenvalue weighted by Gasteiger charge is 2.37. The molecule has 0 amide bonds. The first-order chi connectivity index (χ1) is 16.3. The van der Waals surface area contributed by atoms with Gasteiger partial charge in [-0.1, -0.05) is 119 Å². The van der Waals surface area contributed by atoms with Crippen molar-refractivity contribution in [1.29, 1.82) is 0 Å². The Balaban J connectivity index is 1.65. The van der Waals surface area contributed by atoms with Crippen LogP contribution in [0.15, 0.2) is 97.1 Å². The number of fused-ring (bicyclic) bond motifs is 1. The summed E-state index contributed by atoms with van der Waals surface area (Å²) >= 11 is 0. The molecule has 172 valence electrons. The molecule has 0 heterocycles.